The van der Waals surface area contributed by atoms with Gasteiger partial charge in [-0.3, -0.25) is 4.79 Å². The molecule has 0 aliphatic heterocycles. The zero-order chi connectivity index (χ0) is 15.2. The van der Waals surface area contributed by atoms with Crippen molar-refractivity contribution in [2.24, 2.45) is 5.73 Å². The molecule has 4 N–H and O–H groups in total. The van der Waals surface area contributed by atoms with Crippen molar-refractivity contribution in [1.82, 2.24) is 15.5 Å². The summed E-state index contributed by atoms with van der Waals surface area (Å²) in [6, 6.07) is 6.34. The molecule has 0 radical (unpaired) electrons. The van der Waals surface area contributed by atoms with Crippen LogP contribution < -0.4 is 16.4 Å². The zero-order valence-electron chi connectivity index (χ0n) is 11.4. The van der Waals surface area contributed by atoms with Gasteiger partial charge in [0.2, 0.25) is 11.0 Å². The first-order valence-corrected chi connectivity index (χ1v) is 7.11. The smallest absolute Gasteiger partial charge is 0.312 e. The number of nitrogens with zero attached hydrogens (tertiary/aromatic N) is 2. The Labute approximate surface area is 125 Å². The van der Waals surface area contributed by atoms with Crippen molar-refractivity contribution in [3.63, 3.8) is 0 Å². The fraction of sp³-hybridized carbons (Fsp3) is 0.231. The molecule has 1 atom stereocenters. The van der Waals surface area contributed by atoms with Crippen LogP contribution in [0, 0.1) is 6.92 Å². The highest BCUT2D eigenvalue weighted by atomic mass is 32.1. The Hall–Kier alpha value is -2.48. The number of primary amides is 1. The Bertz CT molecular complexity index is 629. The minimum absolute atomic E-state index is 0.0629. The number of hydrogen-bond donors (Lipinski definition) is 3. The lowest BCUT2D eigenvalue weighted by Crippen LogP contribution is -2.35. The van der Waals surface area contributed by atoms with E-state index in [0.717, 1.165) is 11.1 Å². The molecule has 110 valence electrons. The van der Waals surface area contributed by atoms with E-state index in [1.807, 2.05) is 31.2 Å². The fourth-order valence-electron chi connectivity index (χ4n) is 1.97. The van der Waals surface area contributed by atoms with Crippen LogP contribution in [0.3, 0.4) is 0 Å². The summed E-state index contributed by atoms with van der Waals surface area (Å²) in [5.41, 5.74) is 8.54. The van der Waals surface area contributed by atoms with Gasteiger partial charge in [-0.2, -0.15) is 0 Å². The molecule has 0 aliphatic carbocycles. The van der Waals surface area contributed by atoms with Crippen LogP contribution in [0.25, 0.3) is 0 Å². The second-order valence-electron chi connectivity index (χ2n) is 4.41. The van der Waals surface area contributed by atoms with Gasteiger partial charge >= 0.3 is 6.03 Å². The van der Waals surface area contributed by atoms with Gasteiger partial charge in [0.05, 0.1) is 12.5 Å². The Balaban J connectivity index is 2.11. The number of benzene rings is 1. The van der Waals surface area contributed by atoms with Gasteiger partial charge in [-0.25, -0.2) is 4.79 Å². The third-order valence-corrected chi connectivity index (χ3v) is 3.48. The average Bonchev–Trinajstić information content (AvgIpc) is 2.90. The number of rotatable bonds is 5. The van der Waals surface area contributed by atoms with Gasteiger partial charge in [-0.05, 0) is 18.1 Å². The summed E-state index contributed by atoms with van der Waals surface area (Å²) in [5, 5.41) is 13.0. The molecule has 3 amide bonds. The summed E-state index contributed by atoms with van der Waals surface area (Å²) in [7, 11) is 0. The lowest BCUT2D eigenvalue weighted by atomic mass is 9.98. The lowest BCUT2D eigenvalue weighted by Gasteiger charge is -2.19. The van der Waals surface area contributed by atoms with Crippen molar-refractivity contribution < 1.29 is 9.59 Å². The van der Waals surface area contributed by atoms with E-state index in [4.69, 9.17) is 5.73 Å². The van der Waals surface area contributed by atoms with Gasteiger partial charge in [-0.1, -0.05) is 35.6 Å². The van der Waals surface area contributed by atoms with E-state index in [1.54, 1.807) is 0 Å². The van der Waals surface area contributed by atoms with Crippen LogP contribution >= 0.6 is 11.3 Å². The molecule has 2 rings (SSSR count). The Morgan fingerprint density at radius 1 is 1.38 bits per heavy atom. The molecule has 1 heterocycles. The molecule has 0 saturated heterocycles. The molecule has 2 aromatic rings. The zero-order valence-corrected chi connectivity index (χ0v) is 12.2. The molecule has 1 aromatic carbocycles. The number of carbonyl (C=O) groups is 2. The number of hydrogen-bond acceptors (Lipinski definition) is 5. The van der Waals surface area contributed by atoms with Crippen LogP contribution in [0.15, 0.2) is 29.8 Å². The van der Waals surface area contributed by atoms with Crippen LogP contribution in [0.1, 0.15) is 23.6 Å². The molecule has 1 aromatic heterocycles. The van der Waals surface area contributed by atoms with Gasteiger partial charge in [0, 0.05) is 0 Å². The van der Waals surface area contributed by atoms with E-state index >= 15 is 0 Å². The van der Waals surface area contributed by atoms with Gasteiger partial charge in [0.25, 0.3) is 0 Å². The molecular formula is C13H15N5O2S. The second kappa shape index (κ2) is 6.80. The monoisotopic (exact) mass is 305 g/mol. The third-order valence-electron chi connectivity index (χ3n) is 2.88. The standard InChI is InChI=1S/C13H15N5O2S/c1-8-4-2-3-5-9(8)10(16-12(14)20)6-11(19)17-13-18-15-7-21-13/h2-5,7,10H,6H2,1H3,(H3,14,16,20)(H,17,18,19)/t10-/m1/s1. The molecular weight excluding hydrogens is 290 g/mol. The number of amides is 3. The van der Waals surface area contributed by atoms with Crippen molar-refractivity contribution >= 4 is 28.4 Å². The van der Waals surface area contributed by atoms with E-state index < -0.39 is 12.1 Å². The highest BCUT2D eigenvalue weighted by molar-refractivity contribution is 7.13. The predicted molar refractivity (Wildman–Crippen MR) is 79.8 cm³/mol. The maximum Gasteiger partial charge on any atom is 0.312 e. The molecule has 0 unspecified atom stereocenters. The summed E-state index contributed by atoms with van der Waals surface area (Å²) < 4.78 is 0. The third kappa shape index (κ3) is 4.25. The number of aromatic nitrogens is 2. The molecule has 0 saturated carbocycles. The number of anilines is 1. The summed E-state index contributed by atoms with van der Waals surface area (Å²) in [6.07, 6.45) is 0.0629. The number of carbonyl (C=O) groups excluding carboxylic acids is 2. The van der Waals surface area contributed by atoms with Crippen molar-refractivity contribution in [2.75, 3.05) is 5.32 Å². The van der Waals surface area contributed by atoms with Crippen LogP contribution in [-0.4, -0.2) is 22.1 Å². The Morgan fingerprint density at radius 3 is 2.76 bits per heavy atom. The van der Waals surface area contributed by atoms with Crippen molar-refractivity contribution in [3.8, 4) is 0 Å². The van der Waals surface area contributed by atoms with Crippen LogP contribution in [0.2, 0.25) is 0 Å². The first-order chi connectivity index (χ1) is 10.1. The predicted octanol–water partition coefficient (Wildman–Crippen LogP) is 1.58. The summed E-state index contributed by atoms with van der Waals surface area (Å²) in [5.74, 6) is -0.270. The largest absolute Gasteiger partial charge is 0.352 e. The number of aryl methyl sites for hydroxylation is 1. The molecule has 7 nitrogen and oxygen atoms in total. The summed E-state index contributed by atoms with van der Waals surface area (Å²) >= 11 is 1.22. The van der Waals surface area contributed by atoms with Crippen LogP contribution in [-0.2, 0) is 4.79 Å². The van der Waals surface area contributed by atoms with E-state index in [1.165, 1.54) is 16.8 Å². The first kappa shape index (κ1) is 14.9. The summed E-state index contributed by atoms with van der Waals surface area (Å²) in [6.45, 7) is 1.91. The van der Waals surface area contributed by atoms with Gasteiger partial charge in [-0.15, -0.1) is 10.2 Å². The van der Waals surface area contributed by atoms with E-state index in [-0.39, 0.29) is 12.3 Å². The molecule has 21 heavy (non-hydrogen) atoms. The molecule has 0 bridgehead atoms. The molecule has 0 spiro atoms. The van der Waals surface area contributed by atoms with Crippen molar-refractivity contribution in [3.05, 3.63) is 40.9 Å². The average molecular weight is 305 g/mol. The van der Waals surface area contributed by atoms with E-state index in [0.29, 0.717) is 5.13 Å². The highest BCUT2D eigenvalue weighted by Gasteiger charge is 2.19. The first-order valence-electron chi connectivity index (χ1n) is 6.24. The minimum Gasteiger partial charge on any atom is -0.352 e. The molecule has 0 fully saturated rings. The highest BCUT2D eigenvalue weighted by Crippen LogP contribution is 2.21. The van der Waals surface area contributed by atoms with Crippen LogP contribution in [0.5, 0.6) is 0 Å². The van der Waals surface area contributed by atoms with Crippen molar-refractivity contribution in [2.45, 2.75) is 19.4 Å². The Kier molecular flexibility index (Phi) is 4.83. The normalized spacial score (nSPS) is 11.7. The SMILES string of the molecule is Cc1ccccc1[C@@H](CC(=O)Nc1nncs1)NC(N)=O. The van der Waals surface area contributed by atoms with Gasteiger partial charge < -0.3 is 16.4 Å². The van der Waals surface area contributed by atoms with Crippen molar-refractivity contribution in [1.29, 1.82) is 0 Å². The maximum absolute atomic E-state index is 12.0. The van der Waals surface area contributed by atoms with Gasteiger partial charge in [0.1, 0.15) is 5.51 Å². The minimum atomic E-state index is -0.674. The number of urea groups is 1. The maximum atomic E-state index is 12.0. The van der Waals surface area contributed by atoms with Crippen LogP contribution in [0.4, 0.5) is 9.93 Å². The second-order valence-corrected chi connectivity index (χ2v) is 5.25. The Morgan fingerprint density at radius 2 is 2.14 bits per heavy atom. The van der Waals surface area contributed by atoms with Gasteiger partial charge in [0.15, 0.2) is 0 Å². The molecule has 8 heteroatoms. The number of nitrogens with one attached hydrogen (secondary N) is 2. The summed E-state index contributed by atoms with van der Waals surface area (Å²) in [4.78, 5) is 23.2. The number of nitrogens with two attached hydrogens (primary N) is 1. The fourth-order valence-corrected chi connectivity index (χ4v) is 2.43. The molecule has 0 aliphatic rings. The topological polar surface area (TPSA) is 110 Å². The quantitative estimate of drug-likeness (QED) is 0.779. The van der Waals surface area contributed by atoms with E-state index in [9.17, 15) is 9.59 Å². The lowest BCUT2D eigenvalue weighted by molar-refractivity contribution is -0.116. The van der Waals surface area contributed by atoms with E-state index in [2.05, 4.69) is 20.8 Å².